The molecule has 0 amide bonds. The Morgan fingerprint density at radius 2 is 1.95 bits per heavy atom. The fourth-order valence-electron chi connectivity index (χ4n) is 2.03. The molecule has 0 unspecified atom stereocenters. The Kier molecular flexibility index (Phi) is 2.83. The monoisotopic (exact) mass is 269 g/mol. The summed E-state index contributed by atoms with van der Waals surface area (Å²) in [5.74, 6) is 0.987. The Bertz CT molecular complexity index is 778. The van der Waals surface area contributed by atoms with Crippen LogP contribution in [0.25, 0.3) is 10.9 Å². The lowest BCUT2D eigenvalue weighted by atomic mass is 10.3. The van der Waals surface area contributed by atoms with Crippen molar-refractivity contribution in [1.29, 1.82) is 0 Å². The lowest BCUT2D eigenvalue weighted by molar-refractivity contribution is -0.384. The van der Waals surface area contributed by atoms with Gasteiger partial charge in [0.15, 0.2) is 0 Å². The van der Waals surface area contributed by atoms with Crippen molar-refractivity contribution in [3.63, 3.8) is 0 Å². The van der Waals surface area contributed by atoms with Crippen molar-refractivity contribution in [3.05, 3.63) is 58.9 Å². The molecule has 2 aromatic heterocycles. The molecule has 6 nitrogen and oxygen atoms in total. The summed E-state index contributed by atoms with van der Waals surface area (Å²) in [6.45, 7) is 0. The van der Waals surface area contributed by atoms with Gasteiger partial charge in [-0.05, 0) is 24.3 Å². The van der Waals surface area contributed by atoms with Crippen LogP contribution in [0.4, 0.5) is 5.69 Å². The van der Waals surface area contributed by atoms with Crippen LogP contribution in [0.2, 0.25) is 0 Å². The number of nitro benzene ring substituents is 1. The molecule has 100 valence electrons. The molecule has 6 heteroatoms. The largest absolute Gasteiger partial charge is 0.437 e. The normalized spacial score (nSPS) is 10.7. The minimum absolute atomic E-state index is 0.0300. The van der Waals surface area contributed by atoms with Crippen LogP contribution in [-0.4, -0.2) is 14.5 Å². The summed E-state index contributed by atoms with van der Waals surface area (Å²) in [4.78, 5) is 14.4. The van der Waals surface area contributed by atoms with Crippen LogP contribution in [0.5, 0.6) is 11.6 Å². The molecular formula is C14H11N3O3. The third-order valence-electron chi connectivity index (χ3n) is 3.01. The Labute approximate surface area is 114 Å². The van der Waals surface area contributed by atoms with E-state index in [0.29, 0.717) is 11.6 Å². The number of aryl methyl sites for hydroxylation is 1. The summed E-state index contributed by atoms with van der Waals surface area (Å²) in [6.07, 6.45) is 3.60. The highest BCUT2D eigenvalue weighted by Gasteiger charge is 2.10. The predicted molar refractivity (Wildman–Crippen MR) is 73.9 cm³/mol. The van der Waals surface area contributed by atoms with Crippen LogP contribution in [0.1, 0.15) is 0 Å². The van der Waals surface area contributed by atoms with Gasteiger partial charge < -0.3 is 9.30 Å². The highest BCUT2D eigenvalue weighted by atomic mass is 16.6. The number of hydrogen-bond acceptors (Lipinski definition) is 4. The number of fused-ring (bicyclic) bond motifs is 1. The highest BCUT2D eigenvalue weighted by molar-refractivity contribution is 5.84. The quantitative estimate of drug-likeness (QED) is 0.540. The highest BCUT2D eigenvalue weighted by Crippen LogP contribution is 2.28. The van der Waals surface area contributed by atoms with Gasteiger partial charge in [-0.2, -0.15) is 0 Å². The van der Waals surface area contributed by atoms with E-state index in [1.165, 1.54) is 12.1 Å². The predicted octanol–water partition coefficient (Wildman–Crippen LogP) is 3.27. The lowest BCUT2D eigenvalue weighted by Gasteiger charge is -2.07. The smallest absolute Gasteiger partial charge is 0.269 e. The number of rotatable bonds is 3. The molecule has 3 aromatic rings. The topological polar surface area (TPSA) is 70.2 Å². The minimum Gasteiger partial charge on any atom is -0.437 e. The minimum atomic E-state index is -0.444. The van der Waals surface area contributed by atoms with Gasteiger partial charge in [0, 0.05) is 37.0 Å². The first-order valence-electron chi connectivity index (χ1n) is 5.97. The Hall–Kier alpha value is -2.89. The van der Waals surface area contributed by atoms with E-state index in [4.69, 9.17) is 4.74 Å². The van der Waals surface area contributed by atoms with Gasteiger partial charge in [-0.15, -0.1) is 0 Å². The van der Waals surface area contributed by atoms with Gasteiger partial charge >= 0.3 is 0 Å². The maximum absolute atomic E-state index is 10.6. The maximum Gasteiger partial charge on any atom is 0.269 e. The van der Waals surface area contributed by atoms with Crippen molar-refractivity contribution in [3.8, 4) is 11.6 Å². The van der Waals surface area contributed by atoms with Crippen molar-refractivity contribution < 1.29 is 9.66 Å². The van der Waals surface area contributed by atoms with Crippen molar-refractivity contribution in [1.82, 2.24) is 9.55 Å². The van der Waals surface area contributed by atoms with Crippen LogP contribution in [-0.2, 0) is 7.05 Å². The number of nitrogens with zero attached hydrogens (tertiary/aromatic N) is 3. The summed E-state index contributed by atoms with van der Waals surface area (Å²) in [6, 6.07) is 9.79. The van der Waals surface area contributed by atoms with Crippen LogP contribution >= 0.6 is 0 Å². The number of aromatic nitrogens is 2. The number of hydrogen-bond donors (Lipinski definition) is 0. The Morgan fingerprint density at radius 3 is 2.65 bits per heavy atom. The summed E-state index contributed by atoms with van der Waals surface area (Å²) in [7, 11) is 1.91. The van der Waals surface area contributed by atoms with Crippen LogP contribution < -0.4 is 4.74 Å². The van der Waals surface area contributed by atoms with Gasteiger partial charge in [-0.3, -0.25) is 10.1 Å². The molecule has 0 radical (unpaired) electrons. The molecule has 0 bridgehead atoms. The van der Waals surface area contributed by atoms with E-state index in [1.807, 2.05) is 29.9 Å². The van der Waals surface area contributed by atoms with E-state index in [0.717, 1.165) is 10.9 Å². The van der Waals surface area contributed by atoms with Crippen molar-refractivity contribution in [2.45, 2.75) is 0 Å². The molecule has 0 saturated carbocycles. The maximum atomic E-state index is 10.6. The zero-order valence-corrected chi connectivity index (χ0v) is 10.7. The Morgan fingerprint density at radius 1 is 1.20 bits per heavy atom. The SMILES string of the molecule is Cn1ccc2ccnc(Oc3ccc([N+](=O)[O-])cc3)c21. The van der Waals surface area contributed by atoms with E-state index in [1.54, 1.807) is 18.3 Å². The number of non-ortho nitro benzene ring substituents is 1. The summed E-state index contributed by atoms with van der Waals surface area (Å²) < 4.78 is 7.63. The second kappa shape index (κ2) is 4.65. The molecule has 0 aliphatic heterocycles. The van der Waals surface area contributed by atoms with E-state index < -0.39 is 4.92 Å². The molecule has 0 N–H and O–H groups in total. The number of pyridine rings is 1. The van der Waals surface area contributed by atoms with E-state index in [9.17, 15) is 10.1 Å². The van der Waals surface area contributed by atoms with Gasteiger partial charge in [-0.25, -0.2) is 4.98 Å². The fourth-order valence-corrected chi connectivity index (χ4v) is 2.03. The van der Waals surface area contributed by atoms with E-state index in [-0.39, 0.29) is 5.69 Å². The first-order chi connectivity index (χ1) is 9.65. The zero-order valence-electron chi connectivity index (χ0n) is 10.7. The van der Waals surface area contributed by atoms with Gasteiger partial charge in [0.2, 0.25) is 5.88 Å². The third-order valence-corrected chi connectivity index (χ3v) is 3.01. The molecule has 0 aliphatic carbocycles. The van der Waals surface area contributed by atoms with E-state index in [2.05, 4.69) is 4.98 Å². The fraction of sp³-hybridized carbons (Fsp3) is 0.0714. The van der Waals surface area contributed by atoms with Gasteiger partial charge in [0.05, 0.1) is 4.92 Å². The molecule has 0 atom stereocenters. The summed E-state index contributed by atoms with van der Waals surface area (Å²) in [5, 5.41) is 11.6. The van der Waals surface area contributed by atoms with Gasteiger partial charge in [-0.1, -0.05) is 0 Å². The molecule has 3 rings (SSSR count). The second-order valence-electron chi connectivity index (χ2n) is 4.33. The summed E-state index contributed by atoms with van der Waals surface area (Å²) >= 11 is 0. The van der Waals surface area contributed by atoms with Gasteiger partial charge in [0.25, 0.3) is 5.69 Å². The third kappa shape index (κ3) is 2.07. The van der Waals surface area contributed by atoms with Gasteiger partial charge in [0.1, 0.15) is 11.3 Å². The number of benzene rings is 1. The lowest BCUT2D eigenvalue weighted by Crippen LogP contribution is -1.93. The van der Waals surface area contributed by atoms with E-state index >= 15 is 0 Å². The first kappa shape index (κ1) is 12.2. The average molecular weight is 269 g/mol. The standard InChI is InChI=1S/C14H11N3O3/c1-16-9-7-10-6-8-15-14(13(10)16)20-12-4-2-11(3-5-12)17(18)19/h2-9H,1H3. The number of nitro groups is 1. The molecule has 0 fully saturated rings. The second-order valence-corrected chi connectivity index (χ2v) is 4.33. The zero-order chi connectivity index (χ0) is 14.1. The molecule has 0 saturated heterocycles. The molecule has 2 heterocycles. The first-order valence-corrected chi connectivity index (χ1v) is 5.97. The Balaban J connectivity index is 1.96. The molecule has 1 aromatic carbocycles. The van der Waals surface area contributed by atoms with Crippen molar-refractivity contribution >= 4 is 16.6 Å². The molecular weight excluding hydrogens is 258 g/mol. The average Bonchev–Trinajstić information content (AvgIpc) is 2.82. The van der Waals surface area contributed by atoms with Crippen LogP contribution in [0, 0.1) is 10.1 Å². The number of ether oxygens (including phenoxy) is 1. The van der Waals surface area contributed by atoms with Crippen LogP contribution in [0.3, 0.4) is 0 Å². The summed E-state index contributed by atoms with van der Waals surface area (Å²) in [5.41, 5.74) is 0.910. The molecule has 20 heavy (non-hydrogen) atoms. The molecule has 0 spiro atoms. The van der Waals surface area contributed by atoms with Crippen molar-refractivity contribution in [2.75, 3.05) is 0 Å². The van der Waals surface area contributed by atoms with Crippen LogP contribution in [0.15, 0.2) is 48.8 Å². The molecule has 0 aliphatic rings. The van der Waals surface area contributed by atoms with Crippen molar-refractivity contribution in [2.24, 2.45) is 7.05 Å².